The number of hydrogen-bond donors (Lipinski definition) is 0. The van der Waals surface area contributed by atoms with Gasteiger partial charge >= 0.3 is 260 Å². The fourth-order valence-corrected chi connectivity index (χ4v) is 42.2. The summed E-state index contributed by atoms with van der Waals surface area (Å²) in [6.07, 6.45) is 5.51. The van der Waals surface area contributed by atoms with Gasteiger partial charge in [-0.25, -0.2) is 0 Å². The third-order valence-electron chi connectivity index (χ3n) is 11.1. The summed E-state index contributed by atoms with van der Waals surface area (Å²) < 4.78 is 6.91. The van der Waals surface area contributed by atoms with Gasteiger partial charge < -0.3 is 0 Å². The van der Waals surface area contributed by atoms with Crippen LogP contribution in [0.2, 0.25) is 20.4 Å². The van der Waals surface area contributed by atoms with Crippen molar-refractivity contribution in [1.29, 1.82) is 0 Å². The van der Waals surface area contributed by atoms with Gasteiger partial charge in [-0.15, -0.1) is 0 Å². The molecule has 2 aliphatic carbocycles. The fraction of sp³-hybridized carbons (Fsp3) is 0.300. The van der Waals surface area contributed by atoms with Crippen molar-refractivity contribution in [3.8, 4) is 22.3 Å². The summed E-state index contributed by atoms with van der Waals surface area (Å²) in [5, 5.41) is 3.75. The monoisotopic (exact) mass is 732 g/mol. The summed E-state index contributed by atoms with van der Waals surface area (Å²) in [4.78, 5) is 0. The SMILES string of the molecule is Cc1ccc(-c2cccc3c2C=C2[CH]3[Hf]([CH3])([CH3])[CH]3C(=Cc4c(-c5ccc(C)cc5)cccc43)[Si]2(C(C)C)C(C)C)cc1. The summed E-state index contributed by atoms with van der Waals surface area (Å²) in [5.41, 5.74) is 15.9. The quantitative estimate of drug-likeness (QED) is 0.183. The molecule has 212 valence electrons. The first kappa shape index (κ1) is 28.2. The Balaban J connectivity index is 1.50. The molecule has 1 aliphatic heterocycles. The molecule has 0 nitrogen and oxygen atoms in total. The third kappa shape index (κ3) is 3.87. The second kappa shape index (κ2) is 9.99. The van der Waals surface area contributed by atoms with Gasteiger partial charge in [0.2, 0.25) is 0 Å². The molecule has 2 heteroatoms. The summed E-state index contributed by atoms with van der Waals surface area (Å²) in [7, 11) is -2.07. The summed E-state index contributed by atoms with van der Waals surface area (Å²) in [6.45, 7) is 14.6. The normalized spacial score (nSPS) is 21.0. The Hall–Kier alpha value is -2.55. The molecule has 2 unspecified atom stereocenters. The van der Waals surface area contributed by atoms with E-state index >= 15 is 0 Å². The van der Waals surface area contributed by atoms with E-state index in [2.05, 4.69) is 148 Å². The van der Waals surface area contributed by atoms with Crippen LogP contribution < -0.4 is 0 Å². The minimum absolute atomic E-state index is 0.652. The van der Waals surface area contributed by atoms with Crippen LogP contribution in [0.4, 0.5) is 0 Å². The predicted molar refractivity (Wildman–Crippen MR) is 182 cm³/mol. The first-order chi connectivity index (χ1) is 20.1. The van der Waals surface area contributed by atoms with Gasteiger partial charge in [-0.3, -0.25) is 0 Å². The van der Waals surface area contributed by atoms with Crippen LogP contribution >= 0.6 is 0 Å². The van der Waals surface area contributed by atoms with Crippen molar-refractivity contribution in [2.45, 2.75) is 69.3 Å². The van der Waals surface area contributed by atoms with Gasteiger partial charge in [0.05, 0.1) is 0 Å². The molecule has 1 saturated heterocycles. The second-order valence-electron chi connectivity index (χ2n) is 14.4. The zero-order chi connectivity index (χ0) is 29.6. The molecule has 1 heterocycles. The Bertz CT molecular complexity index is 1630. The van der Waals surface area contributed by atoms with Crippen molar-refractivity contribution >= 4 is 20.2 Å². The van der Waals surface area contributed by atoms with Crippen LogP contribution in [0.25, 0.3) is 34.4 Å². The summed E-state index contributed by atoms with van der Waals surface area (Å²) in [6, 6.07) is 32.9. The maximum absolute atomic E-state index is 3.08. The van der Waals surface area contributed by atoms with Crippen LogP contribution in [0.15, 0.2) is 95.3 Å². The van der Waals surface area contributed by atoms with Crippen LogP contribution in [0, 0.1) is 13.8 Å². The van der Waals surface area contributed by atoms with Gasteiger partial charge in [0, 0.05) is 0 Å². The van der Waals surface area contributed by atoms with Gasteiger partial charge in [-0.2, -0.15) is 0 Å². The Morgan fingerprint density at radius 2 is 0.929 bits per heavy atom. The molecule has 0 radical (unpaired) electrons. The molecule has 0 aromatic heterocycles. The second-order valence-corrected chi connectivity index (χ2v) is 36.9. The van der Waals surface area contributed by atoms with Gasteiger partial charge in [-0.05, 0) is 0 Å². The molecule has 1 fully saturated rings. The molecule has 0 bridgehead atoms. The van der Waals surface area contributed by atoms with E-state index in [1.807, 2.05) is 10.4 Å². The van der Waals surface area contributed by atoms with Crippen LogP contribution in [-0.4, -0.2) is 8.07 Å². The average Bonchev–Trinajstić information content (AvgIpc) is 3.55. The number of fused-ring (bicyclic) bond motifs is 6. The van der Waals surface area contributed by atoms with Crippen molar-refractivity contribution in [3.63, 3.8) is 0 Å². The van der Waals surface area contributed by atoms with Crippen molar-refractivity contribution in [3.05, 3.63) is 129 Å². The number of hydrogen-bond acceptors (Lipinski definition) is 0. The number of rotatable bonds is 4. The predicted octanol–water partition coefficient (Wildman–Crippen LogP) is 11.8. The molecule has 42 heavy (non-hydrogen) atoms. The van der Waals surface area contributed by atoms with E-state index < -0.39 is 28.0 Å². The van der Waals surface area contributed by atoms with Crippen LogP contribution in [0.5, 0.6) is 0 Å². The van der Waals surface area contributed by atoms with E-state index in [4.69, 9.17) is 0 Å². The Morgan fingerprint density at radius 3 is 1.29 bits per heavy atom. The molecular formula is C40H44HfSi. The number of allylic oxidation sites excluding steroid dienone is 2. The molecule has 0 spiro atoms. The molecule has 4 aromatic carbocycles. The fourth-order valence-electron chi connectivity index (χ4n) is 9.43. The van der Waals surface area contributed by atoms with Gasteiger partial charge in [0.1, 0.15) is 0 Å². The van der Waals surface area contributed by atoms with Crippen LogP contribution in [0.3, 0.4) is 0 Å². The third-order valence-corrected chi connectivity index (χ3v) is 34.8. The average molecular weight is 731 g/mol. The van der Waals surface area contributed by atoms with Crippen LogP contribution in [-0.2, 0) is 20.0 Å². The van der Waals surface area contributed by atoms with Gasteiger partial charge in [-0.1, -0.05) is 0 Å². The first-order valence-corrected chi connectivity index (χ1v) is 29.4. The summed E-state index contributed by atoms with van der Waals surface area (Å²) >= 11 is -3.08. The molecule has 0 saturated carbocycles. The molecule has 4 aromatic rings. The molecule has 0 amide bonds. The standard InChI is InChI=1S/C38H38Si.2CH3.Hf/c1-25(2)39(26(3)4,33-21-31-9-7-11-35(37(31)23-33)29-17-13-27(5)14-18-29)34-22-32-10-8-12-36(38(32)24-34)30-19-15-28(6)16-20-30;;;/h7-26H,1-6H3;2*1H3;. The van der Waals surface area contributed by atoms with E-state index in [0.29, 0.717) is 18.4 Å². The molecule has 2 atom stereocenters. The van der Waals surface area contributed by atoms with E-state index in [9.17, 15) is 0 Å². The Kier molecular flexibility index (Phi) is 6.72. The molecule has 0 N–H and O–H groups in total. The van der Waals surface area contributed by atoms with Crippen molar-refractivity contribution in [1.82, 2.24) is 0 Å². The van der Waals surface area contributed by atoms with E-state index in [1.165, 1.54) is 44.5 Å². The zero-order valence-corrected chi connectivity index (χ0v) is 31.1. The number of benzene rings is 4. The Labute approximate surface area is 258 Å². The van der Waals surface area contributed by atoms with Gasteiger partial charge in [0.15, 0.2) is 0 Å². The van der Waals surface area contributed by atoms with Crippen molar-refractivity contribution in [2.75, 3.05) is 0 Å². The van der Waals surface area contributed by atoms with E-state index in [1.54, 1.807) is 11.1 Å². The van der Waals surface area contributed by atoms with Crippen LogP contribution in [0.1, 0.15) is 68.4 Å². The Morgan fingerprint density at radius 1 is 0.548 bits per heavy atom. The maximum atomic E-state index is 2.80. The molecule has 3 aliphatic rings. The molecule has 7 rings (SSSR count). The summed E-state index contributed by atoms with van der Waals surface area (Å²) in [5.74, 6) is 0. The van der Waals surface area contributed by atoms with Crippen molar-refractivity contribution in [2.24, 2.45) is 0 Å². The minimum atomic E-state index is -3.08. The van der Waals surface area contributed by atoms with Gasteiger partial charge in [0.25, 0.3) is 0 Å². The van der Waals surface area contributed by atoms with E-state index in [-0.39, 0.29) is 0 Å². The zero-order valence-electron chi connectivity index (χ0n) is 26.5. The topological polar surface area (TPSA) is 0 Å². The van der Waals surface area contributed by atoms with Crippen molar-refractivity contribution < 1.29 is 20.0 Å². The van der Waals surface area contributed by atoms with E-state index in [0.717, 1.165) is 0 Å². The first-order valence-electron chi connectivity index (χ1n) is 15.9. The number of aryl methyl sites for hydroxylation is 2. The molecular weight excluding hydrogens is 687 g/mol.